The van der Waals surface area contributed by atoms with Crippen molar-refractivity contribution in [2.45, 2.75) is 6.92 Å². The maximum absolute atomic E-state index is 5.95. The van der Waals surface area contributed by atoms with Crippen LogP contribution in [-0.4, -0.2) is 0 Å². The molecule has 0 fully saturated rings. The van der Waals surface area contributed by atoms with Crippen LogP contribution in [0.5, 0.6) is 0 Å². The van der Waals surface area contributed by atoms with Crippen molar-refractivity contribution < 1.29 is 0 Å². The fraction of sp³-hybridized carbons (Fsp3) is 0.0526. The summed E-state index contributed by atoms with van der Waals surface area (Å²) in [5, 5.41) is 1.07. The standard InChI is InChI=1S/C12H10Cl2N2.C7H10N2/c13-9-5-7(1-3-11(9)15)8-2-4-12(16)10(14)6-8;1-5-2-3-6(8)4-7(5)9/h1-6H,15-16H2;2-4H,8-9H2,1H3. The molecule has 0 saturated heterocycles. The van der Waals surface area contributed by atoms with Crippen molar-refractivity contribution in [2.24, 2.45) is 0 Å². The van der Waals surface area contributed by atoms with Crippen LogP contribution in [0.2, 0.25) is 10.0 Å². The Bertz CT molecular complexity index is 845. The number of nitrogen functional groups attached to an aromatic ring is 4. The molecule has 0 aliphatic carbocycles. The van der Waals surface area contributed by atoms with Crippen molar-refractivity contribution in [1.29, 1.82) is 0 Å². The van der Waals surface area contributed by atoms with Crippen LogP contribution in [0.15, 0.2) is 54.6 Å². The lowest BCUT2D eigenvalue weighted by molar-refractivity contribution is 1.47. The van der Waals surface area contributed by atoms with E-state index >= 15 is 0 Å². The smallest absolute Gasteiger partial charge is 0.0641 e. The summed E-state index contributed by atoms with van der Waals surface area (Å²) in [5.41, 5.74) is 27.9. The van der Waals surface area contributed by atoms with Crippen molar-refractivity contribution in [2.75, 3.05) is 22.9 Å². The lowest BCUT2D eigenvalue weighted by Crippen LogP contribution is -1.91. The number of halogens is 2. The van der Waals surface area contributed by atoms with Crippen molar-refractivity contribution >= 4 is 46.0 Å². The van der Waals surface area contributed by atoms with Gasteiger partial charge >= 0.3 is 0 Å². The number of benzene rings is 3. The Morgan fingerprint density at radius 3 is 1.44 bits per heavy atom. The molecule has 0 spiro atoms. The van der Waals surface area contributed by atoms with Crippen molar-refractivity contribution in [3.8, 4) is 11.1 Å². The molecular weight excluding hydrogens is 355 g/mol. The summed E-state index contributed by atoms with van der Waals surface area (Å²) in [7, 11) is 0. The van der Waals surface area contributed by atoms with Crippen LogP contribution in [0.25, 0.3) is 11.1 Å². The first-order valence-corrected chi connectivity index (χ1v) is 8.25. The molecule has 0 bridgehead atoms. The van der Waals surface area contributed by atoms with Crippen LogP contribution in [0, 0.1) is 6.92 Å². The highest BCUT2D eigenvalue weighted by atomic mass is 35.5. The van der Waals surface area contributed by atoms with Gasteiger partial charge in [0, 0.05) is 11.4 Å². The molecule has 0 aromatic heterocycles. The Labute approximate surface area is 157 Å². The predicted molar refractivity (Wildman–Crippen MR) is 111 cm³/mol. The van der Waals surface area contributed by atoms with Gasteiger partial charge in [0.1, 0.15) is 0 Å². The molecule has 0 heterocycles. The van der Waals surface area contributed by atoms with Gasteiger partial charge in [0.25, 0.3) is 0 Å². The number of hydrogen-bond acceptors (Lipinski definition) is 4. The zero-order valence-corrected chi connectivity index (χ0v) is 15.3. The minimum absolute atomic E-state index is 0.533. The predicted octanol–water partition coefficient (Wildman–Crippen LogP) is 4.98. The van der Waals surface area contributed by atoms with Gasteiger partial charge in [0.15, 0.2) is 0 Å². The van der Waals surface area contributed by atoms with Crippen LogP contribution in [-0.2, 0) is 0 Å². The first-order valence-electron chi connectivity index (χ1n) is 7.50. The lowest BCUT2D eigenvalue weighted by atomic mass is 10.1. The molecule has 4 nitrogen and oxygen atoms in total. The average molecular weight is 375 g/mol. The average Bonchev–Trinajstić information content (AvgIpc) is 2.57. The Kier molecular flexibility index (Phi) is 6.02. The van der Waals surface area contributed by atoms with Gasteiger partial charge in [-0.05, 0) is 60.0 Å². The molecule has 8 N–H and O–H groups in total. The maximum Gasteiger partial charge on any atom is 0.0641 e. The van der Waals surface area contributed by atoms with E-state index in [2.05, 4.69) is 0 Å². The number of hydrogen-bond donors (Lipinski definition) is 4. The Morgan fingerprint density at radius 2 is 1.08 bits per heavy atom. The number of rotatable bonds is 1. The highest BCUT2D eigenvalue weighted by molar-refractivity contribution is 6.34. The molecule has 0 aliphatic rings. The van der Waals surface area contributed by atoms with Crippen LogP contribution in [0.3, 0.4) is 0 Å². The van der Waals surface area contributed by atoms with Gasteiger partial charge in [0.05, 0.1) is 21.4 Å². The molecule has 3 aromatic rings. The van der Waals surface area contributed by atoms with Gasteiger partial charge in [0.2, 0.25) is 0 Å². The van der Waals surface area contributed by atoms with Gasteiger partial charge in [-0.2, -0.15) is 0 Å². The Morgan fingerprint density at radius 1 is 0.600 bits per heavy atom. The van der Waals surface area contributed by atoms with E-state index < -0.39 is 0 Å². The Hall–Kier alpha value is -2.56. The zero-order valence-electron chi connectivity index (χ0n) is 13.8. The minimum atomic E-state index is 0.533. The van der Waals surface area contributed by atoms with Gasteiger partial charge in [-0.3, -0.25) is 0 Å². The van der Waals surface area contributed by atoms with E-state index in [4.69, 9.17) is 46.1 Å². The van der Waals surface area contributed by atoms with E-state index in [1.54, 1.807) is 30.3 Å². The summed E-state index contributed by atoms with van der Waals surface area (Å²) in [5.74, 6) is 0. The molecule has 130 valence electrons. The fourth-order valence-electron chi connectivity index (χ4n) is 2.07. The molecule has 6 heteroatoms. The maximum atomic E-state index is 5.95. The monoisotopic (exact) mass is 374 g/mol. The molecule has 3 aromatic carbocycles. The van der Waals surface area contributed by atoms with Gasteiger partial charge in [-0.15, -0.1) is 0 Å². The van der Waals surface area contributed by atoms with E-state index in [1.165, 1.54) is 0 Å². The van der Waals surface area contributed by atoms with Crippen molar-refractivity contribution in [3.63, 3.8) is 0 Å². The SMILES string of the molecule is Cc1ccc(N)cc1N.Nc1ccc(-c2ccc(N)c(Cl)c2)cc1Cl. The fourth-order valence-corrected chi connectivity index (χ4v) is 2.43. The third kappa shape index (κ3) is 4.95. The largest absolute Gasteiger partial charge is 0.399 e. The molecule has 3 rings (SSSR count). The lowest BCUT2D eigenvalue weighted by Gasteiger charge is -2.06. The first kappa shape index (κ1) is 18.8. The van der Waals surface area contributed by atoms with Crippen LogP contribution < -0.4 is 22.9 Å². The number of aryl methyl sites for hydroxylation is 1. The molecular formula is C19H20Cl2N4. The summed E-state index contributed by atoms with van der Waals surface area (Å²) in [6.07, 6.45) is 0. The first-order chi connectivity index (χ1) is 11.8. The minimum Gasteiger partial charge on any atom is -0.399 e. The third-order valence-corrected chi connectivity index (χ3v) is 4.29. The number of nitrogens with two attached hydrogens (primary N) is 4. The van der Waals surface area contributed by atoms with Gasteiger partial charge in [-0.25, -0.2) is 0 Å². The molecule has 0 unspecified atom stereocenters. The topological polar surface area (TPSA) is 104 Å². The molecule has 0 radical (unpaired) electrons. The molecule has 0 amide bonds. The number of anilines is 4. The molecule has 0 aliphatic heterocycles. The zero-order chi connectivity index (χ0) is 18.6. The van der Waals surface area contributed by atoms with Gasteiger partial charge in [-0.1, -0.05) is 41.4 Å². The summed E-state index contributed by atoms with van der Waals surface area (Å²) >= 11 is 11.9. The summed E-state index contributed by atoms with van der Waals surface area (Å²) < 4.78 is 0. The van der Waals surface area contributed by atoms with E-state index in [0.717, 1.165) is 28.1 Å². The highest BCUT2D eigenvalue weighted by Gasteiger charge is 2.03. The highest BCUT2D eigenvalue weighted by Crippen LogP contribution is 2.30. The quantitative estimate of drug-likeness (QED) is 0.450. The Balaban J connectivity index is 0.000000212. The van der Waals surface area contributed by atoms with Crippen LogP contribution >= 0.6 is 23.2 Å². The van der Waals surface area contributed by atoms with Crippen LogP contribution in [0.1, 0.15) is 5.56 Å². The van der Waals surface area contributed by atoms with Crippen molar-refractivity contribution in [1.82, 2.24) is 0 Å². The third-order valence-electron chi connectivity index (χ3n) is 3.64. The summed E-state index contributed by atoms with van der Waals surface area (Å²) in [6.45, 7) is 1.95. The second kappa shape index (κ2) is 8.01. The molecule has 0 saturated carbocycles. The van der Waals surface area contributed by atoms with Gasteiger partial charge < -0.3 is 22.9 Å². The second-order valence-electron chi connectivity index (χ2n) is 5.59. The van der Waals surface area contributed by atoms with E-state index in [0.29, 0.717) is 21.4 Å². The normalized spacial score (nSPS) is 10.0. The van der Waals surface area contributed by atoms with E-state index in [1.807, 2.05) is 31.2 Å². The van der Waals surface area contributed by atoms with Crippen molar-refractivity contribution in [3.05, 3.63) is 70.2 Å². The summed E-state index contributed by atoms with van der Waals surface area (Å²) in [4.78, 5) is 0. The molecule has 0 atom stereocenters. The molecule has 25 heavy (non-hydrogen) atoms. The second-order valence-corrected chi connectivity index (χ2v) is 6.40. The van der Waals surface area contributed by atoms with Crippen LogP contribution in [0.4, 0.5) is 22.7 Å². The van der Waals surface area contributed by atoms with E-state index in [9.17, 15) is 0 Å². The summed E-state index contributed by atoms with van der Waals surface area (Å²) in [6, 6.07) is 16.4. The van der Waals surface area contributed by atoms with E-state index in [-0.39, 0.29) is 0 Å².